The molecule has 0 N–H and O–H groups in total. The summed E-state index contributed by atoms with van der Waals surface area (Å²) < 4.78 is 32.9. The summed E-state index contributed by atoms with van der Waals surface area (Å²) in [5.41, 5.74) is 3.16. The second-order valence-electron chi connectivity index (χ2n) is 6.76. The van der Waals surface area contributed by atoms with Gasteiger partial charge in [0.1, 0.15) is 0 Å². The monoisotopic (exact) mass is 374 g/mol. The number of sulfonamides is 1. The van der Waals surface area contributed by atoms with Crippen molar-refractivity contribution in [3.05, 3.63) is 65.7 Å². The largest absolute Gasteiger partial charge is 0.378 e. The zero-order valence-electron chi connectivity index (χ0n) is 15.3. The fourth-order valence-corrected chi connectivity index (χ4v) is 4.55. The van der Waals surface area contributed by atoms with E-state index in [1.54, 1.807) is 4.31 Å². The quantitative estimate of drug-likeness (QED) is 0.780. The molecule has 6 heteroatoms. The smallest absolute Gasteiger partial charge is 0.214 e. The molecule has 2 aromatic rings. The number of hydrogen-bond donors (Lipinski definition) is 0. The summed E-state index contributed by atoms with van der Waals surface area (Å²) >= 11 is 0. The fourth-order valence-electron chi connectivity index (χ4n) is 3.09. The summed E-state index contributed by atoms with van der Waals surface area (Å²) in [7, 11) is 0.687. The number of aryl methyl sites for hydroxylation is 1. The number of nitrogens with zero attached hydrogens (tertiary/aromatic N) is 2. The second kappa shape index (κ2) is 8.20. The molecule has 0 radical (unpaired) electrons. The molecule has 0 saturated carbocycles. The van der Waals surface area contributed by atoms with Gasteiger partial charge in [0.15, 0.2) is 0 Å². The molecule has 5 nitrogen and oxygen atoms in total. The Morgan fingerprint density at radius 1 is 1.08 bits per heavy atom. The number of anilines is 1. The molecule has 0 spiro atoms. The summed E-state index contributed by atoms with van der Waals surface area (Å²) in [5.74, 6) is 0.128. The minimum absolute atomic E-state index is 0.128. The average Bonchev–Trinajstić information content (AvgIpc) is 2.67. The van der Waals surface area contributed by atoms with Crippen molar-refractivity contribution in [1.29, 1.82) is 0 Å². The van der Waals surface area contributed by atoms with Crippen molar-refractivity contribution >= 4 is 15.7 Å². The van der Waals surface area contributed by atoms with Crippen LogP contribution in [-0.4, -0.2) is 52.3 Å². The summed E-state index contributed by atoms with van der Waals surface area (Å²) in [6.45, 7) is 1.21. The summed E-state index contributed by atoms with van der Waals surface area (Å²) in [6.07, 6.45) is 0.314. The Hall–Kier alpha value is -1.89. The number of rotatable bonds is 6. The molecule has 1 unspecified atom stereocenters. The van der Waals surface area contributed by atoms with E-state index in [9.17, 15) is 8.42 Å². The van der Waals surface area contributed by atoms with Crippen LogP contribution in [0.4, 0.5) is 5.69 Å². The van der Waals surface area contributed by atoms with E-state index in [1.807, 2.05) is 73.6 Å². The first-order valence-electron chi connectivity index (χ1n) is 8.86. The third kappa shape index (κ3) is 4.63. The Balaban J connectivity index is 1.65. The zero-order valence-corrected chi connectivity index (χ0v) is 16.2. The standard InChI is InChI=1S/C20H26N2O3S/c1-21(2)19-10-8-18(9-11-19)20-16-22(13-14-25-20)26(23,24)15-12-17-6-4-3-5-7-17/h3-11,20H,12-16H2,1-2H3. The van der Waals surface area contributed by atoms with Crippen LogP contribution in [0, 0.1) is 0 Å². The first-order valence-corrected chi connectivity index (χ1v) is 10.5. The maximum atomic E-state index is 12.7. The van der Waals surface area contributed by atoms with Gasteiger partial charge in [-0.3, -0.25) is 0 Å². The van der Waals surface area contributed by atoms with Gasteiger partial charge in [-0.15, -0.1) is 0 Å². The van der Waals surface area contributed by atoms with Crippen LogP contribution in [0.15, 0.2) is 54.6 Å². The van der Waals surface area contributed by atoms with Crippen molar-refractivity contribution in [1.82, 2.24) is 4.31 Å². The molecule has 1 atom stereocenters. The minimum atomic E-state index is -3.30. The summed E-state index contributed by atoms with van der Waals surface area (Å²) in [4.78, 5) is 2.03. The lowest BCUT2D eigenvalue weighted by Gasteiger charge is -2.32. The molecule has 1 heterocycles. The minimum Gasteiger partial charge on any atom is -0.378 e. The van der Waals surface area contributed by atoms with Gasteiger partial charge in [-0.25, -0.2) is 8.42 Å². The maximum Gasteiger partial charge on any atom is 0.214 e. The first-order chi connectivity index (χ1) is 12.5. The highest BCUT2D eigenvalue weighted by Crippen LogP contribution is 2.26. The lowest BCUT2D eigenvalue weighted by molar-refractivity contribution is -0.00252. The molecule has 0 aromatic heterocycles. The average molecular weight is 375 g/mol. The van der Waals surface area contributed by atoms with E-state index < -0.39 is 10.0 Å². The van der Waals surface area contributed by atoms with Gasteiger partial charge in [0, 0.05) is 32.9 Å². The van der Waals surface area contributed by atoms with Gasteiger partial charge >= 0.3 is 0 Å². The SMILES string of the molecule is CN(C)c1ccc(C2CN(S(=O)(=O)CCc3ccccc3)CCO2)cc1. The lowest BCUT2D eigenvalue weighted by Crippen LogP contribution is -2.43. The van der Waals surface area contributed by atoms with Crippen LogP contribution in [0.3, 0.4) is 0 Å². The molecule has 2 aromatic carbocycles. The van der Waals surface area contributed by atoms with Crippen LogP contribution in [0.5, 0.6) is 0 Å². The Kier molecular flexibility index (Phi) is 5.96. The van der Waals surface area contributed by atoms with Crippen LogP contribution in [0.1, 0.15) is 17.2 Å². The normalized spacial score (nSPS) is 18.6. The van der Waals surface area contributed by atoms with Gasteiger partial charge in [0.2, 0.25) is 10.0 Å². The van der Waals surface area contributed by atoms with Gasteiger partial charge in [0.25, 0.3) is 0 Å². The Labute approximate surface area is 156 Å². The van der Waals surface area contributed by atoms with Gasteiger partial charge < -0.3 is 9.64 Å². The van der Waals surface area contributed by atoms with Gasteiger partial charge in [0.05, 0.1) is 18.5 Å². The molecule has 1 saturated heterocycles. The second-order valence-corrected chi connectivity index (χ2v) is 8.84. The van der Waals surface area contributed by atoms with E-state index in [1.165, 1.54) is 0 Å². The predicted octanol–water partition coefficient (Wildman–Crippen LogP) is 2.70. The van der Waals surface area contributed by atoms with Gasteiger partial charge in [-0.2, -0.15) is 4.31 Å². The van der Waals surface area contributed by atoms with E-state index in [-0.39, 0.29) is 11.9 Å². The fraction of sp³-hybridized carbons (Fsp3) is 0.400. The predicted molar refractivity (Wildman–Crippen MR) is 105 cm³/mol. The molecule has 0 bridgehead atoms. The molecular formula is C20H26N2O3S. The Morgan fingerprint density at radius 3 is 2.42 bits per heavy atom. The Bertz CT molecular complexity index is 805. The van der Waals surface area contributed by atoms with Crippen molar-refractivity contribution in [3.8, 4) is 0 Å². The van der Waals surface area contributed by atoms with E-state index in [2.05, 4.69) is 0 Å². The molecule has 1 aliphatic heterocycles. The number of morpholine rings is 1. The van der Waals surface area contributed by atoms with Crippen molar-refractivity contribution in [3.63, 3.8) is 0 Å². The maximum absolute atomic E-state index is 12.7. The van der Waals surface area contributed by atoms with Crippen molar-refractivity contribution in [2.45, 2.75) is 12.5 Å². The molecular weight excluding hydrogens is 348 g/mol. The van der Waals surface area contributed by atoms with Gasteiger partial charge in [-0.05, 0) is 29.7 Å². The molecule has 140 valence electrons. The molecule has 0 aliphatic carbocycles. The first kappa shape index (κ1) is 18.9. The highest BCUT2D eigenvalue weighted by atomic mass is 32.2. The summed E-state index contributed by atoms with van der Waals surface area (Å²) in [6, 6.07) is 17.8. The van der Waals surface area contributed by atoms with Crippen LogP contribution >= 0.6 is 0 Å². The van der Waals surface area contributed by atoms with E-state index >= 15 is 0 Å². The van der Waals surface area contributed by atoms with E-state index in [4.69, 9.17) is 4.74 Å². The van der Waals surface area contributed by atoms with E-state index in [0.29, 0.717) is 26.1 Å². The third-order valence-electron chi connectivity index (χ3n) is 4.70. The van der Waals surface area contributed by atoms with Gasteiger partial charge in [-0.1, -0.05) is 42.5 Å². The van der Waals surface area contributed by atoms with Crippen LogP contribution in [0.2, 0.25) is 0 Å². The molecule has 0 amide bonds. The molecule has 26 heavy (non-hydrogen) atoms. The highest BCUT2D eigenvalue weighted by Gasteiger charge is 2.30. The zero-order chi connectivity index (χ0) is 18.6. The van der Waals surface area contributed by atoms with Crippen LogP contribution < -0.4 is 4.90 Å². The van der Waals surface area contributed by atoms with Crippen LogP contribution in [0.25, 0.3) is 0 Å². The molecule has 1 fully saturated rings. The molecule has 3 rings (SSSR count). The van der Waals surface area contributed by atoms with E-state index in [0.717, 1.165) is 16.8 Å². The van der Waals surface area contributed by atoms with Crippen molar-refractivity contribution in [2.24, 2.45) is 0 Å². The Morgan fingerprint density at radius 2 is 1.77 bits per heavy atom. The number of ether oxygens (including phenoxy) is 1. The highest BCUT2D eigenvalue weighted by molar-refractivity contribution is 7.89. The van der Waals surface area contributed by atoms with Crippen LogP contribution in [-0.2, 0) is 21.2 Å². The number of benzene rings is 2. The topological polar surface area (TPSA) is 49.9 Å². The van der Waals surface area contributed by atoms with Crippen molar-refractivity contribution in [2.75, 3.05) is 44.4 Å². The summed E-state index contributed by atoms with van der Waals surface area (Å²) in [5, 5.41) is 0. The van der Waals surface area contributed by atoms with Crippen molar-refractivity contribution < 1.29 is 13.2 Å². The number of hydrogen-bond acceptors (Lipinski definition) is 4. The third-order valence-corrected chi connectivity index (χ3v) is 6.53. The molecule has 1 aliphatic rings. The lowest BCUT2D eigenvalue weighted by atomic mass is 10.1.